The third-order valence-electron chi connectivity index (χ3n) is 3.75. The zero-order valence-electron chi connectivity index (χ0n) is 14.0. The zero-order chi connectivity index (χ0) is 18.5. The van der Waals surface area contributed by atoms with Crippen molar-refractivity contribution in [3.63, 3.8) is 0 Å². The summed E-state index contributed by atoms with van der Waals surface area (Å²) in [4.78, 5) is 11.5. The van der Waals surface area contributed by atoms with Gasteiger partial charge in [-0.15, -0.1) is 0 Å². The van der Waals surface area contributed by atoms with Crippen LogP contribution in [0.5, 0.6) is 5.75 Å². The number of hydrogen-bond acceptors (Lipinski definition) is 5. The first-order valence-electron chi connectivity index (χ1n) is 7.93. The highest BCUT2D eigenvalue weighted by Crippen LogP contribution is 2.26. The molecule has 3 N–H and O–H groups in total. The highest BCUT2D eigenvalue weighted by molar-refractivity contribution is 7.80. The molecular formula is C19H17N3O3S. The summed E-state index contributed by atoms with van der Waals surface area (Å²) >= 11 is 5.21. The number of hydrogen-bond donors (Lipinski definition) is 3. The lowest BCUT2D eigenvalue weighted by molar-refractivity contribution is 0.471. The third kappa shape index (κ3) is 4.07. The number of thiocarbonyl (C=S) groups is 1. The van der Waals surface area contributed by atoms with Gasteiger partial charge in [0.2, 0.25) is 0 Å². The van der Waals surface area contributed by atoms with Crippen molar-refractivity contribution in [1.29, 1.82) is 0 Å². The normalized spacial score (nSPS) is 11.3. The molecular weight excluding hydrogens is 350 g/mol. The smallest absolute Gasteiger partial charge is 0.336 e. The van der Waals surface area contributed by atoms with E-state index in [1.54, 1.807) is 19.1 Å². The lowest BCUT2D eigenvalue weighted by atomic mass is 10.1. The van der Waals surface area contributed by atoms with E-state index in [0.717, 1.165) is 5.56 Å². The van der Waals surface area contributed by atoms with Crippen LogP contribution in [-0.2, 0) is 6.54 Å². The molecule has 0 radical (unpaired) electrons. The molecule has 3 aromatic rings. The summed E-state index contributed by atoms with van der Waals surface area (Å²) < 4.78 is 5.23. The van der Waals surface area contributed by atoms with E-state index in [4.69, 9.17) is 16.6 Å². The first-order chi connectivity index (χ1) is 12.5. The van der Waals surface area contributed by atoms with Crippen LogP contribution in [0.15, 0.2) is 68.9 Å². The summed E-state index contributed by atoms with van der Waals surface area (Å²) in [6, 6.07) is 16.0. The van der Waals surface area contributed by atoms with E-state index in [-0.39, 0.29) is 11.3 Å². The van der Waals surface area contributed by atoms with E-state index < -0.39 is 5.63 Å². The van der Waals surface area contributed by atoms with Crippen LogP contribution < -0.4 is 16.4 Å². The maximum atomic E-state index is 11.5. The molecule has 1 heterocycles. The third-order valence-corrected chi connectivity index (χ3v) is 3.99. The van der Waals surface area contributed by atoms with E-state index in [1.807, 2.05) is 30.3 Å². The van der Waals surface area contributed by atoms with Gasteiger partial charge in [0.25, 0.3) is 0 Å². The quantitative estimate of drug-likeness (QED) is 0.284. The van der Waals surface area contributed by atoms with Gasteiger partial charge in [0.05, 0.1) is 11.3 Å². The predicted octanol–water partition coefficient (Wildman–Crippen LogP) is 2.89. The van der Waals surface area contributed by atoms with Crippen LogP contribution in [0.2, 0.25) is 0 Å². The lowest BCUT2D eigenvalue weighted by Gasteiger charge is -2.10. The van der Waals surface area contributed by atoms with Crippen molar-refractivity contribution in [2.45, 2.75) is 13.5 Å². The SMILES string of the molecule is CC(=NNC(=S)NCc1ccccc1)c1c(O)ccc2ccc(=O)oc12. The Morgan fingerprint density at radius 3 is 2.65 bits per heavy atom. The molecule has 6 nitrogen and oxygen atoms in total. The van der Waals surface area contributed by atoms with Gasteiger partial charge in [-0.2, -0.15) is 5.10 Å². The van der Waals surface area contributed by atoms with Crippen molar-refractivity contribution in [2.24, 2.45) is 5.10 Å². The van der Waals surface area contributed by atoms with Gasteiger partial charge in [0, 0.05) is 18.0 Å². The first-order valence-corrected chi connectivity index (χ1v) is 8.33. The number of hydrazone groups is 1. The van der Waals surface area contributed by atoms with Crippen LogP contribution in [-0.4, -0.2) is 15.9 Å². The minimum Gasteiger partial charge on any atom is -0.507 e. The molecule has 132 valence electrons. The Morgan fingerprint density at radius 1 is 1.15 bits per heavy atom. The van der Waals surface area contributed by atoms with Crippen molar-refractivity contribution in [3.8, 4) is 5.75 Å². The van der Waals surface area contributed by atoms with Crippen molar-refractivity contribution >= 4 is 34.0 Å². The highest BCUT2D eigenvalue weighted by atomic mass is 32.1. The van der Waals surface area contributed by atoms with E-state index in [1.165, 1.54) is 12.1 Å². The second-order valence-electron chi connectivity index (χ2n) is 5.61. The Kier molecular flexibility index (Phi) is 5.28. The van der Waals surface area contributed by atoms with Crippen LogP contribution in [0.25, 0.3) is 11.0 Å². The van der Waals surface area contributed by atoms with Crippen LogP contribution >= 0.6 is 12.2 Å². The zero-order valence-corrected chi connectivity index (χ0v) is 14.8. The largest absolute Gasteiger partial charge is 0.507 e. The highest BCUT2D eigenvalue weighted by Gasteiger charge is 2.13. The summed E-state index contributed by atoms with van der Waals surface area (Å²) in [5.41, 5.74) is 4.39. The predicted molar refractivity (Wildman–Crippen MR) is 105 cm³/mol. The van der Waals surface area contributed by atoms with E-state index in [9.17, 15) is 9.90 Å². The number of rotatable bonds is 4. The molecule has 0 saturated heterocycles. The number of phenolic OH excluding ortho intramolecular Hbond substituents is 1. The molecule has 0 bridgehead atoms. The summed E-state index contributed by atoms with van der Waals surface area (Å²) in [7, 11) is 0. The van der Waals surface area contributed by atoms with Crippen molar-refractivity contribution < 1.29 is 9.52 Å². The molecule has 3 rings (SSSR count). The van der Waals surface area contributed by atoms with Gasteiger partial charge in [0.1, 0.15) is 5.75 Å². The molecule has 0 aliphatic rings. The number of nitrogens with one attached hydrogen (secondary N) is 2. The molecule has 0 saturated carbocycles. The van der Waals surface area contributed by atoms with Gasteiger partial charge in [-0.05, 0) is 42.9 Å². The average molecular weight is 367 g/mol. The van der Waals surface area contributed by atoms with Crippen molar-refractivity contribution in [3.05, 3.63) is 76.1 Å². The second-order valence-corrected chi connectivity index (χ2v) is 6.02. The molecule has 0 spiro atoms. The van der Waals surface area contributed by atoms with Gasteiger partial charge in [-0.3, -0.25) is 5.43 Å². The van der Waals surface area contributed by atoms with Gasteiger partial charge < -0.3 is 14.8 Å². The summed E-state index contributed by atoms with van der Waals surface area (Å²) in [6.07, 6.45) is 0. The first kappa shape index (κ1) is 17.6. The van der Waals surface area contributed by atoms with Gasteiger partial charge in [-0.25, -0.2) is 4.79 Å². The van der Waals surface area contributed by atoms with Crippen LogP contribution in [0, 0.1) is 0 Å². The fraction of sp³-hybridized carbons (Fsp3) is 0.105. The Bertz CT molecular complexity index is 1030. The number of fused-ring (bicyclic) bond motifs is 1. The van der Waals surface area contributed by atoms with Gasteiger partial charge in [-0.1, -0.05) is 30.3 Å². The van der Waals surface area contributed by atoms with Gasteiger partial charge >= 0.3 is 5.63 Å². The number of phenols is 1. The summed E-state index contributed by atoms with van der Waals surface area (Å²) in [5.74, 6) is -0.0296. The lowest BCUT2D eigenvalue weighted by Crippen LogP contribution is -2.32. The van der Waals surface area contributed by atoms with Crippen LogP contribution in [0.1, 0.15) is 18.1 Å². The molecule has 0 aliphatic heterocycles. The van der Waals surface area contributed by atoms with Crippen LogP contribution in [0.3, 0.4) is 0 Å². The topological polar surface area (TPSA) is 86.9 Å². The standard InChI is InChI=1S/C19H17N3O3S/c1-12(21-22-19(26)20-11-13-5-3-2-4-6-13)17-15(23)9-7-14-8-10-16(24)25-18(14)17/h2-10,23H,11H2,1H3,(H2,20,22,26). The summed E-state index contributed by atoms with van der Waals surface area (Å²) in [5, 5.41) is 18.4. The Labute approximate surface area is 155 Å². The Hall–Kier alpha value is -3.19. The van der Waals surface area contributed by atoms with Crippen molar-refractivity contribution in [1.82, 2.24) is 10.7 Å². The monoisotopic (exact) mass is 367 g/mol. The molecule has 0 aliphatic carbocycles. The Balaban J connectivity index is 1.76. The van der Waals surface area contributed by atoms with E-state index in [2.05, 4.69) is 15.8 Å². The second kappa shape index (κ2) is 7.79. The fourth-order valence-corrected chi connectivity index (χ4v) is 2.60. The summed E-state index contributed by atoms with van der Waals surface area (Å²) in [6.45, 7) is 2.25. The van der Waals surface area contributed by atoms with E-state index >= 15 is 0 Å². The molecule has 7 heteroatoms. The minimum absolute atomic E-state index is 0.0296. The number of nitrogens with zero attached hydrogens (tertiary/aromatic N) is 1. The van der Waals surface area contributed by atoms with E-state index in [0.29, 0.717) is 28.3 Å². The molecule has 26 heavy (non-hydrogen) atoms. The molecule has 2 aromatic carbocycles. The molecule has 0 amide bonds. The van der Waals surface area contributed by atoms with Crippen LogP contribution in [0.4, 0.5) is 0 Å². The fourth-order valence-electron chi connectivity index (χ4n) is 2.48. The van der Waals surface area contributed by atoms with Gasteiger partial charge in [0.15, 0.2) is 10.7 Å². The Morgan fingerprint density at radius 2 is 1.88 bits per heavy atom. The number of benzene rings is 2. The number of aromatic hydroxyl groups is 1. The molecule has 1 aromatic heterocycles. The maximum Gasteiger partial charge on any atom is 0.336 e. The molecule has 0 unspecified atom stereocenters. The average Bonchev–Trinajstić information content (AvgIpc) is 2.65. The minimum atomic E-state index is -0.495. The molecule has 0 fully saturated rings. The molecule has 0 atom stereocenters. The maximum absolute atomic E-state index is 11.5. The van der Waals surface area contributed by atoms with Crippen molar-refractivity contribution in [2.75, 3.05) is 0 Å².